The molecule has 1 fully saturated rings. The molecule has 182 valence electrons. The highest BCUT2D eigenvalue weighted by Gasteiger charge is 2.40. The topological polar surface area (TPSA) is 60.6 Å². The van der Waals surface area contributed by atoms with Crippen molar-refractivity contribution in [3.8, 4) is 17.6 Å². The lowest BCUT2D eigenvalue weighted by atomic mass is 9.73. The van der Waals surface area contributed by atoms with Gasteiger partial charge in [-0.1, -0.05) is 18.1 Å². The number of likely N-dealkylation sites (N-methyl/N-ethyl adjacent to an activating group) is 1. The Labute approximate surface area is 207 Å². The Morgan fingerprint density at radius 2 is 1.94 bits per heavy atom. The average Bonchev–Trinajstić information content (AvgIpc) is 3.23. The largest absolute Gasteiger partial charge is 0.497 e. The smallest absolute Gasteiger partial charge is 0.317 e. The van der Waals surface area contributed by atoms with Gasteiger partial charge in [0.25, 0.3) is 0 Å². The van der Waals surface area contributed by atoms with Gasteiger partial charge in [-0.05, 0) is 81.1 Å². The van der Waals surface area contributed by atoms with Crippen LogP contribution in [0.3, 0.4) is 0 Å². The summed E-state index contributed by atoms with van der Waals surface area (Å²) in [5.74, 6) is 7.95. The van der Waals surface area contributed by atoms with Gasteiger partial charge >= 0.3 is 6.03 Å². The van der Waals surface area contributed by atoms with Crippen LogP contribution < -0.4 is 10.1 Å². The predicted octanol–water partition coefficient (Wildman–Crippen LogP) is 4.34. The number of rotatable bonds is 4. The molecule has 1 aliphatic carbocycles. The van der Waals surface area contributed by atoms with Crippen LogP contribution in [0.5, 0.6) is 5.75 Å². The number of likely N-dealkylation sites (tertiary alicyclic amines) is 1. The van der Waals surface area contributed by atoms with Crippen molar-refractivity contribution in [3.05, 3.63) is 64.8 Å². The van der Waals surface area contributed by atoms with Gasteiger partial charge in [0, 0.05) is 54.1 Å². The van der Waals surface area contributed by atoms with Crippen LogP contribution in [0.1, 0.15) is 48.6 Å². The number of aromatic amines is 1. The van der Waals surface area contributed by atoms with Gasteiger partial charge < -0.3 is 24.8 Å². The van der Waals surface area contributed by atoms with Crippen molar-refractivity contribution in [2.75, 3.05) is 33.8 Å². The minimum absolute atomic E-state index is 0.0410. The molecule has 2 N–H and O–H groups in total. The normalized spacial score (nSPS) is 21.1. The van der Waals surface area contributed by atoms with Crippen LogP contribution in [0.15, 0.2) is 42.5 Å². The zero-order valence-corrected chi connectivity index (χ0v) is 21.0. The van der Waals surface area contributed by atoms with Crippen LogP contribution in [-0.2, 0) is 6.42 Å². The monoisotopic (exact) mass is 470 g/mol. The first-order valence-corrected chi connectivity index (χ1v) is 12.6. The Morgan fingerprint density at radius 1 is 1.17 bits per heavy atom. The number of amides is 2. The summed E-state index contributed by atoms with van der Waals surface area (Å²) in [4.78, 5) is 20.6. The van der Waals surface area contributed by atoms with Crippen LogP contribution in [0, 0.1) is 11.8 Å². The Kier molecular flexibility index (Phi) is 6.44. The van der Waals surface area contributed by atoms with Crippen molar-refractivity contribution < 1.29 is 9.53 Å². The second-order valence-electron chi connectivity index (χ2n) is 9.60. The highest BCUT2D eigenvalue weighted by Crippen LogP contribution is 2.44. The van der Waals surface area contributed by atoms with E-state index in [9.17, 15) is 4.79 Å². The van der Waals surface area contributed by atoms with E-state index < -0.39 is 0 Å². The summed E-state index contributed by atoms with van der Waals surface area (Å²) < 4.78 is 5.26. The van der Waals surface area contributed by atoms with Gasteiger partial charge in [0.1, 0.15) is 5.75 Å². The van der Waals surface area contributed by atoms with E-state index in [-0.39, 0.29) is 12.1 Å². The third-order valence-corrected chi connectivity index (χ3v) is 7.65. The van der Waals surface area contributed by atoms with E-state index in [1.165, 1.54) is 16.5 Å². The summed E-state index contributed by atoms with van der Waals surface area (Å²) in [6.07, 6.45) is 1.92. The molecular formula is C29H34N4O2. The Hall–Kier alpha value is -3.43. The SMILES string of the molecule is CCN(CC)C(=O)N[C@H]1CC2c3cccc4[nH]c(C#Cc5ccc(OC)cc5)c(c34)C[C@H]2N(C)C1. The number of carbonyl (C=O) groups excluding carboxylic acids is 1. The molecular weight excluding hydrogens is 436 g/mol. The predicted molar refractivity (Wildman–Crippen MR) is 140 cm³/mol. The quantitative estimate of drug-likeness (QED) is 0.558. The van der Waals surface area contributed by atoms with Crippen molar-refractivity contribution in [1.82, 2.24) is 20.1 Å². The van der Waals surface area contributed by atoms with Gasteiger partial charge in [-0.3, -0.25) is 0 Å². The van der Waals surface area contributed by atoms with E-state index in [1.54, 1.807) is 7.11 Å². The molecule has 1 aliphatic heterocycles. The van der Waals surface area contributed by atoms with Crippen molar-refractivity contribution in [2.45, 2.75) is 44.7 Å². The Morgan fingerprint density at radius 3 is 2.66 bits per heavy atom. The third kappa shape index (κ3) is 4.37. The lowest BCUT2D eigenvalue weighted by molar-refractivity contribution is 0.124. The number of ether oxygens (including phenoxy) is 1. The molecule has 35 heavy (non-hydrogen) atoms. The zero-order valence-electron chi connectivity index (χ0n) is 21.0. The first kappa shape index (κ1) is 23.3. The fourth-order valence-corrected chi connectivity index (χ4v) is 5.83. The van der Waals surface area contributed by atoms with E-state index in [1.807, 2.05) is 43.0 Å². The summed E-state index contributed by atoms with van der Waals surface area (Å²) in [7, 11) is 3.86. The minimum atomic E-state index is 0.0410. The van der Waals surface area contributed by atoms with Gasteiger partial charge in [0.15, 0.2) is 0 Å². The first-order chi connectivity index (χ1) is 17.0. The lowest BCUT2D eigenvalue weighted by Gasteiger charge is -2.46. The summed E-state index contributed by atoms with van der Waals surface area (Å²) in [6.45, 7) is 6.36. The van der Waals surface area contributed by atoms with E-state index in [0.29, 0.717) is 12.0 Å². The number of urea groups is 1. The molecule has 0 saturated carbocycles. The van der Waals surface area contributed by atoms with Crippen molar-refractivity contribution in [3.63, 3.8) is 0 Å². The molecule has 1 aromatic heterocycles. The van der Waals surface area contributed by atoms with Crippen LogP contribution in [-0.4, -0.2) is 66.7 Å². The first-order valence-electron chi connectivity index (χ1n) is 12.6. The molecule has 2 amide bonds. The average molecular weight is 471 g/mol. The number of hydrogen-bond donors (Lipinski definition) is 2. The van der Waals surface area contributed by atoms with Gasteiger partial charge in [-0.2, -0.15) is 0 Å². The molecule has 3 aromatic rings. The van der Waals surface area contributed by atoms with Gasteiger partial charge in [0.05, 0.1) is 12.8 Å². The molecule has 1 saturated heterocycles. The zero-order chi connectivity index (χ0) is 24.5. The number of benzene rings is 2. The van der Waals surface area contributed by atoms with E-state index in [0.717, 1.165) is 55.0 Å². The molecule has 0 radical (unpaired) electrons. The minimum Gasteiger partial charge on any atom is -0.497 e. The maximum atomic E-state index is 12.7. The maximum absolute atomic E-state index is 12.7. The fourth-order valence-electron chi connectivity index (χ4n) is 5.83. The highest BCUT2D eigenvalue weighted by molar-refractivity contribution is 5.91. The molecule has 6 nitrogen and oxygen atoms in total. The van der Waals surface area contributed by atoms with Crippen molar-refractivity contribution in [2.24, 2.45) is 0 Å². The summed E-state index contributed by atoms with van der Waals surface area (Å²) in [6, 6.07) is 15.0. The number of methoxy groups -OCH3 is 1. The summed E-state index contributed by atoms with van der Waals surface area (Å²) >= 11 is 0. The summed E-state index contributed by atoms with van der Waals surface area (Å²) in [5.41, 5.74) is 5.80. The third-order valence-electron chi connectivity index (χ3n) is 7.65. The van der Waals surface area contributed by atoms with Crippen LogP contribution in [0.4, 0.5) is 4.79 Å². The molecule has 2 aromatic carbocycles. The molecule has 6 heteroatoms. The second-order valence-corrected chi connectivity index (χ2v) is 9.60. The number of H-pyrrole nitrogens is 1. The molecule has 0 bridgehead atoms. The highest BCUT2D eigenvalue weighted by atomic mass is 16.5. The molecule has 2 aliphatic rings. The molecule has 5 rings (SSSR count). The van der Waals surface area contributed by atoms with Gasteiger partial charge in [-0.25, -0.2) is 4.79 Å². The number of aromatic nitrogens is 1. The van der Waals surface area contributed by atoms with E-state index in [2.05, 4.69) is 52.3 Å². The van der Waals surface area contributed by atoms with E-state index >= 15 is 0 Å². The van der Waals surface area contributed by atoms with Crippen LogP contribution >= 0.6 is 0 Å². The number of hydrogen-bond acceptors (Lipinski definition) is 3. The van der Waals surface area contributed by atoms with Gasteiger partial charge in [0.2, 0.25) is 0 Å². The number of piperidine rings is 1. The standard InChI is InChI=1S/C29H34N4O2/c1-5-33(6-2)29(34)30-20-16-23-22-8-7-9-26-28(22)24(17-27(23)32(3)18-20)25(31-26)15-12-19-10-13-21(35-4)14-11-19/h7-11,13-14,20,23,27,31H,5-6,16-18H2,1-4H3,(H,30,34)/t20-,23?,27+/m0/s1. The molecule has 1 unspecified atom stereocenters. The fraction of sp³-hybridized carbons (Fsp3) is 0.414. The Balaban J connectivity index is 1.45. The molecule has 2 heterocycles. The van der Waals surface area contributed by atoms with Crippen molar-refractivity contribution >= 4 is 16.9 Å². The molecule has 0 spiro atoms. The number of fused-ring (bicyclic) bond motifs is 2. The lowest BCUT2D eigenvalue weighted by Crippen LogP contribution is -2.56. The Bertz CT molecular complexity index is 1280. The van der Waals surface area contributed by atoms with E-state index in [4.69, 9.17) is 4.74 Å². The van der Waals surface area contributed by atoms with Crippen LogP contribution in [0.25, 0.3) is 10.9 Å². The number of carbonyl (C=O) groups is 1. The van der Waals surface area contributed by atoms with Crippen molar-refractivity contribution in [1.29, 1.82) is 0 Å². The molecule has 3 atom stereocenters. The second kappa shape index (κ2) is 9.67. The summed E-state index contributed by atoms with van der Waals surface area (Å²) in [5, 5.41) is 4.61. The number of nitrogens with one attached hydrogen (secondary N) is 2. The van der Waals surface area contributed by atoms with Gasteiger partial charge in [-0.15, -0.1) is 0 Å². The van der Waals surface area contributed by atoms with Crippen LogP contribution in [0.2, 0.25) is 0 Å². The maximum Gasteiger partial charge on any atom is 0.317 e. The number of nitrogens with zero attached hydrogens (tertiary/aromatic N) is 2.